The number of rotatable bonds is 7. The largest absolute Gasteiger partial charge is 0.462 e. The predicted octanol–water partition coefficient (Wildman–Crippen LogP) is 2.79. The Bertz CT molecular complexity index is 1310. The minimum absolute atomic E-state index is 0.0829. The number of fused-ring (bicyclic) bond motifs is 1. The van der Waals surface area contributed by atoms with Gasteiger partial charge in [0, 0.05) is 18.7 Å². The van der Waals surface area contributed by atoms with Crippen LogP contribution in [-0.2, 0) is 16.1 Å². The van der Waals surface area contributed by atoms with Gasteiger partial charge in [0.05, 0.1) is 30.4 Å². The van der Waals surface area contributed by atoms with E-state index in [0.29, 0.717) is 28.9 Å². The van der Waals surface area contributed by atoms with Gasteiger partial charge in [0.25, 0.3) is 5.56 Å². The smallest absolute Gasteiger partial charge is 0.338 e. The first-order chi connectivity index (χ1) is 15.6. The fourth-order valence-electron chi connectivity index (χ4n) is 3.22. The number of anilines is 1. The molecule has 4 rings (SSSR count). The molecule has 4 aromatic rings. The molecule has 9 heteroatoms. The Kier molecular flexibility index (Phi) is 6.07. The Morgan fingerprint density at radius 2 is 1.81 bits per heavy atom. The molecule has 0 aliphatic carbocycles. The highest BCUT2D eigenvalue weighted by Gasteiger charge is 2.12. The number of amides is 1. The number of esters is 1. The van der Waals surface area contributed by atoms with Crippen molar-refractivity contribution in [2.24, 2.45) is 0 Å². The molecule has 0 spiro atoms. The zero-order valence-corrected chi connectivity index (χ0v) is 17.4. The lowest BCUT2D eigenvalue weighted by molar-refractivity contribution is -0.116. The zero-order valence-electron chi connectivity index (χ0n) is 17.4. The molecule has 1 amide bonds. The maximum absolute atomic E-state index is 12.8. The van der Waals surface area contributed by atoms with Gasteiger partial charge < -0.3 is 10.1 Å². The van der Waals surface area contributed by atoms with E-state index in [1.165, 1.54) is 17.1 Å². The van der Waals surface area contributed by atoms with Crippen molar-refractivity contribution in [3.05, 3.63) is 83.0 Å². The summed E-state index contributed by atoms with van der Waals surface area (Å²) < 4.78 is 7.93. The molecule has 2 aromatic heterocycles. The number of hydrogen-bond acceptors (Lipinski definition) is 6. The second kappa shape index (κ2) is 9.25. The van der Waals surface area contributed by atoms with Gasteiger partial charge in [-0.2, -0.15) is 5.10 Å². The summed E-state index contributed by atoms with van der Waals surface area (Å²) in [4.78, 5) is 41.2. The molecule has 0 fully saturated rings. The Balaban J connectivity index is 1.42. The Hall–Kier alpha value is -4.27. The Morgan fingerprint density at radius 1 is 1.06 bits per heavy atom. The van der Waals surface area contributed by atoms with Gasteiger partial charge in [-0.25, -0.2) is 14.5 Å². The van der Waals surface area contributed by atoms with Crippen LogP contribution in [0.5, 0.6) is 0 Å². The van der Waals surface area contributed by atoms with Gasteiger partial charge in [-0.05, 0) is 43.3 Å². The van der Waals surface area contributed by atoms with Crippen LogP contribution in [0.25, 0.3) is 16.7 Å². The number of carbonyl (C=O) groups excluding carboxylic acids is 2. The molecule has 32 heavy (non-hydrogen) atoms. The summed E-state index contributed by atoms with van der Waals surface area (Å²) >= 11 is 0. The highest BCUT2D eigenvalue weighted by atomic mass is 16.5. The van der Waals surface area contributed by atoms with Crippen molar-refractivity contribution < 1.29 is 14.3 Å². The summed E-state index contributed by atoms with van der Waals surface area (Å²) in [5.41, 5.74) is 1.97. The maximum Gasteiger partial charge on any atom is 0.338 e. The number of para-hydroxylation sites is 1. The number of nitrogens with zero attached hydrogens (tertiary/aromatic N) is 4. The fraction of sp³-hybridized carbons (Fsp3) is 0.174. The molecule has 0 atom stereocenters. The summed E-state index contributed by atoms with van der Waals surface area (Å²) in [5.74, 6) is -0.677. The molecule has 0 bridgehead atoms. The summed E-state index contributed by atoms with van der Waals surface area (Å²) in [7, 11) is 0. The SMILES string of the molecule is CCOC(=O)c1ccc(NC(=O)CCn2cnc3c(cnn3-c3ccccc3)c2=O)cc1. The number of aryl methyl sites for hydroxylation is 1. The molecule has 0 aliphatic heterocycles. The van der Waals surface area contributed by atoms with E-state index in [1.807, 2.05) is 30.3 Å². The molecule has 0 saturated carbocycles. The van der Waals surface area contributed by atoms with Gasteiger partial charge in [-0.15, -0.1) is 0 Å². The molecule has 2 heterocycles. The van der Waals surface area contributed by atoms with Crippen LogP contribution in [-0.4, -0.2) is 37.8 Å². The minimum Gasteiger partial charge on any atom is -0.462 e. The Morgan fingerprint density at radius 3 is 2.53 bits per heavy atom. The minimum atomic E-state index is -0.414. The lowest BCUT2D eigenvalue weighted by atomic mass is 10.2. The first-order valence-corrected chi connectivity index (χ1v) is 10.1. The van der Waals surface area contributed by atoms with Crippen LogP contribution in [0.1, 0.15) is 23.7 Å². The van der Waals surface area contributed by atoms with E-state index in [1.54, 1.807) is 35.9 Å². The molecular formula is C23H21N5O4. The predicted molar refractivity (Wildman–Crippen MR) is 119 cm³/mol. The second-order valence-corrected chi connectivity index (χ2v) is 6.97. The first kappa shape index (κ1) is 21.0. The van der Waals surface area contributed by atoms with Crippen LogP contribution in [0.2, 0.25) is 0 Å². The molecule has 2 aromatic carbocycles. The van der Waals surface area contributed by atoms with Gasteiger partial charge in [-0.3, -0.25) is 14.2 Å². The fourth-order valence-corrected chi connectivity index (χ4v) is 3.22. The van der Waals surface area contributed by atoms with Crippen molar-refractivity contribution in [2.45, 2.75) is 19.9 Å². The number of benzene rings is 2. The molecule has 0 aliphatic rings. The van der Waals surface area contributed by atoms with E-state index >= 15 is 0 Å². The van der Waals surface area contributed by atoms with E-state index in [2.05, 4.69) is 15.4 Å². The van der Waals surface area contributed by atoms with Crippen LogP contribution in [0.4, 0.5) is 5.69 Å². The van der Waals surface area contributed by atoms with Gasteiger partial charge in [-0.1, -0.05) is 18.2 Å². The first-order valence-electron chi connectivity index (χ1n) is 10.1. The van der Waals surface area contributed by atoms with Crippen molar-refractivity contribution in [3.8, 4) is 5.69 Å². The molecule has 0 radical (unpaired) electrons. The number of aromatic nitrogens is 4. The number of hydrogen-bond donors (Lipinski definition) is 1. The third kappa shape index (κ3) is 4.41. The van der Waals surface area contributed by atoms with Crippen molar-refractivity contribution in [3.63, 3.8) is 0 Å². The standard InChI is InChI=1S/C23H21N5O4/c1-2-32-23(31)16-8-10-17(11-9-16)26-20(29)12-13-27-15-24-21-19(22(27)30)14-25-28(21)18-6-4-3-5-7-18/h3-11,14-15H,2,12-13H2,1H3,(H,26,29). The molecule has 9 nitrogen and oxygen atoms in total. The van der Waals surface area contributed by atoms with E-state index in [4.69, 9.17) is 4.74 Å². The average molecular weight is 431 g/mol. The summed E-state index contributed by atoms with van der Waals surface area (Å²) in [5, 5.41) is 7.41. The van der Waals surface area contributed by atoms with Crippen molar-refractivity contribution >= 4 is 28.6 Å². The topological polar surface area (TPSA) is 108 Å². The lowest BCUT2D eigenvalue weighted by Gasteiger charge is -2.08. The van der Waals surface area contributed by atoms with Crippen LogP contribution < -0.4 is 10.9 Å². The van der Waals surface area contributed by atoms with Crippen LogP contribution in [0, 0.1) is 0 Å². The third-order valence-corrected chi connectivity index (χ3v) is 4.81. The van der Waals surface area contributed by atoms with Crippen molar-refractivity contribution in [1.82, 2.24) is 19.3 Å². The zero-order chi connectivity index (χ0) is 22.5. The van der Waals surface area contributed by atoms with Crippen LogP contribution >= 0.6 is 0 Å². The normalized spacial score (nSPS) is 10.8. The van der Waals surface area contributed by atoms with Gasteiger partial charge in [0.15, 0.2) is 5.65 Å². The Labute approximate surface area is 183 Å². The number of ether oxygens (including phenoxy) is 1. The molecule has 0 unspecified atom stereocenters. The van der Waals surface area contributed by atoms with Gasteiger partial charge >= 0.3 is 5.97 Å². The highest BCUT2D eigenvalue weighted by molar-refractivity contribution is 5.93. The van der Waals surface area contributed by atoms with E-state index in [0.717, 1.165) is 5.69 Å². The van der Waals surface area contributed by atoms with Crippen LogP contribution in [0.15, 0.2) is 71.9 Å². The monoisotopic (exact) mass is 431 g/mol. The van der Waals surface area contributed by atoms with Gasteiger partial charge in [0.2, 0.25) is 5.91 Å². The molecular weight excluding hydrogens is 410 g/mol. The van der Waals surface area contributed by atoms with Crippen molar-refractivity contribution in [1.29, 1.82) is 0 Å². The third-order valence-electron chi connectivity index (χ3n) is 4.81. The van der Waals surface area contributed by atoms with Crippen LogP contribution in [0.3, 0.4) is 0 Å². The quantitative estimate of drug-likeness (QED) is 0.451. The molecule has 1 N–H and O–H groups in total. The summed E-state index contributed by atoms with van der Waals surface area (Å²) in [6.45, 7) is 2.20. The number of carbonyl (C=O) groups is 2. The van der Waals surface area contributed by atoms with Crippen molar-refractivity contribution in [2.75, 3.05) is 11.9 Å². The second-order valence-electron chi connectivity index (χ2n) is 6.97. The summed E-state index contributed by atoms with van der Waals surface area (Å²) in [6.07, 6.45) is 2.99. The van der Waals surface area contributed by atoms with E-state index in [-0.39, 0.29) is 24.4 Å². The maximum atomic E-state index is 12.8. The highest BCUT2D eigenvalue weighted by Crippen LogP contribution is 2.14. The average Bonchev–Trinajstić information content (AvgIpc) is 3.25. The van der Waals surface area contributed by atoms with E-state index in [9.17, 15) is 14.4 Å². The molecule has 0 saturated heterocycles. The van der Waals surface area contributed by atoms with Gasteiger partial charge in [0.1, 0.15) is 5.39 Å². The molecule has 162 valence electrons. The lowest BCUT2D eigenvalue weighted by Crippen LogP contribution is -2.23. The summed E-state index contributed by atoms with van der Waals surface area (Å²) in [6, 6.07) is 15.8. The van der Waals surface area contributed by atoms with E-state index < -0.39 is 5.97 Å². The number of nitrogens with one attached hydrogen (secondary N) is 1.